The van der Waals surface area contributed by atoms with Crippen molar-refractivity contribution in [2.75, 3.05) is 0 Å². The van der Waals surface area contributed by atoms with Gasteiger partial charge in [-0.15, -0.1) is 0 Å². The Balaban J connectivity index is 2.21. The number of carbonyl (C=O) groups excluding carboxylic acids is 1. The van der Waals surface area contributed by atoms with Crippen molar-refractivity contribution in [1.29, 1.82) is 0 Å². The molecule has 2 aromatic rings. The molecule has 0 bridgehead atoms. The van der Waals surface area contributed by atoms with Crippen molar-refractivity contribution in [3.8, 4) is 0 Å². The van der Waals surface area contributed by atoms with E-state index >= 15 is 0 Å². The van der Waals surface area contributed by atoms with Gasteiger partial charge in [-0.2, -0.15) is 0 Å². The van der Waals surface area contributed by atoms with E-state index in [2.05, 4.69) is 9.97 Å². The van der Waals surface area contributed by atoms with E-state index in [0.29, 0.717) is 5.82 Å². The zero-order valence-electron chi connectivity index (χ0n) is 9.97. The normalized spacial score (nSPS) is 10.2. The molecule has 0 spiro atoms. The van der Waals surface area contributed by atoms with E-state index in [1.807, 2.05) is 32.0 Å². The van der Waals surface area contributed by atoms with Gasteiger partial charge in [-0.1, -0.05) is 23.8 Å². The molecule has 0 aliphatic heterocycles. The highest BCUT2D eigenvalue weighted by Gasteiger charge is 2.11. The van der Waals surface area contributed by atoms with Gasteiger partial charge in [0.1, 0.15) is 5.82 Å². The molecular formula is C14H14N2O. The van der Waals surface area contributed by atoms with Crippen LogP contribution in [0.5, 0.6) is 0 Å². The van der Waals surface area contributed by atoms with E-state index in [0.717, 1.165) is 16.7 Å². The van der Waals surface area contributed by atoms with Gasteiger partial charge in [0.05, 0.1) is 6.42 Å². The van der Waals surface area contributed by atoms with Crippen LogP contribution >= 0.6 is 0 Å². The Kier molecular flexibility index (Phi) is 3.28. The van der Waals surface area contributed by atoms with Crippen LogP contribution in [0.4, 0.5) is 0 Å². The summed E-state index contributed by atoms with van der Waals surface area (Å²) in [6, 6.07) is 7.58. The molecule has 3 heteroatoms. The van der Waals surface area contributed by atoms with Gasteiger partial charge in [0.25, 0.3) is 0 Å². The second-order valence-corrected chi connectivity index (χ2v) is 4.08. The summed E-state index contributed by atoms with van der Waals surface area (Å²) in [5, 5.41) is 0. The molecule has 0 fully saturated rings. The Morgan fingerprint density at radius 2 is 1.88 bits per heavy atom. The summed E-state index contributed by atoms with van der Waals surface area (Å²) >= 11 is 0. The van der Waals surface area contributed by atoms with E-state index in [-0.39, 0.29) is 12.2 Å². The third kappa shape index (κ3) is 2.75. The monoisotopic (exact) mass is 226 g/mol. The average molecular weight is 226 g/mol. The van der Waals surface area contributed by atoms with Crippen LogP contribution in [-0.2, 0) is 6.42 Å². The summed E-state index contributed by atoms with van der Waals surface area (Å²) in [6.45, 7) is 3.97. The Bertz CT molecular complexity index is 535. The molecule has 1 aromatic heterocycles. The maximum atomic E-state index is 12.1. The van der Waals surface area contributed by atoms with Crippen molar-refractivity contribution < 1.29 is 4.79 Å². The van der Waals surface area contributed by atoms with Gasteiger partial charge in [-0.3, -0.25) is 4.79 Å². The fourth-order valence-corrected chi connectivity index (χ4v) is 1.79. The predicted molar refractivity (Wildman–Crippen MR) is 66.0 cm³/mol. The Morgan fingerprint density at radius 1 is 1.18 bits per heavy atom. The number of Topliss-reactive ketones (excluding diaryl/α,β-unsaturated/α-hetero) is 1. The smallest absolute Gasteiger partial charge is 0.170 e. The highest BCUT2D eigenvalue weighted by molar-refractivity contribution is 5.98. The van der Waals surface area contributed by atoms with Crippen LogP contribution in [0, 0.1) is 13.8 Å². The van der Waals surface area contributed by atoms with Gasteiger partial charge in [-0.25, -0.2) is 9.97 Å². The Morgan fingerprint density at radius 3 is 2.53 bits per heavy atom. The molecule has 1 heterocycles. The van der Waals surface area contributed by atoms with Crippen molar-refractivity contribution in [2.24, 2.45) is 0 Å². The predicted octanol–water partition coefficient (Wildman–Crippen LogP) is 2.52. The summed E-state index contributed by atoms with van der Waals surface area (Å²) in [6.07, 6.45) is 3.56. The minimum Gasteiger partial charge on any atom is -0.294 e. The fourth-order valence-electron chi connectivity index (χ4n) is 1.79. The van der Waals surface area contributed by atoms with E-state index in [4.69, 9.17) is 0 Å². The summed E-state index contributed by atoms with van der Waals surface area (Å²) in [5.74, 6) is 0.631. The molecule has 1 aromatic carbocycles. The van der Waals surface area contributed by atoms with Gasteiger partial charge in [0.15, 0.2) is 5.78 Å². The largest absolute Gasteiger partial charge is 0.294 e. The fraction of sp³-hybridized carbons (Fsp3) is 0.214. The third-order valence-corrected chi connectivity index (χ3v) is 2.62. The molecule has 0 aliphatic rings. The summed E-state index contributed by atoms with van der Waals surface area (Å²) in [5.41, 5.74) is 2.92. The van der Waals surface area contributed by atoms with Crippen LogP contribution in [0.3, 0.4) is 0 Å². The van der Waals surface area contributed by atoms with Gasteiger partial charge >= 0.3 is 0 Å². The quantitative estimate of drug-likeness (QED) is 0.755. The molecule has 3 nitrogen and oxygen atoms in total. The minimum absolute atomic E-state index is 0.0636. The van der Waals surface area contributed by atoms with Crippen LogP contribution in [0.1, 0.15) is 27.3 Å². The number of ketones is 1. The maximum Gasteiger partial charge on any atom is 0.170 e. The van der Waals surface area contributed by atoms with Crippen LogP contribution in [0.15, 0.2) is 36.7 Å². The number of aromatic nitrogens is 2. The van der Waals surface area contributed by atoms with Gasteiger partial charge < -0.3 is 0 Å². The number of benzene rings is 1. The first-order valence-corrected chi connectivity index (χ1v) is 5.53. The van der Waals surface area contributed by atoms with Crippen molar-refractivity contribution in [2.45, 2.75) is 20.3 Å². The van der Waals surface area contributed by atoms with E-state index in [1.165, 1.54) is 0 Å². The van der Waals surface area contributed by atoms with E-state index < -0.39 is 0 Å². The molecule has 0 saturated heterocycles. The third-order valence-electron chi connectivity index (χ3n) is 2.62. The lowest BCUT2D eigenvalue weighted by Gasteiger charge is -2.05. The van der Waals surface area contributed by atoms with E-state index in [9.17, 15) is 4.79 Å². The molecule has 0 saturated carbocycles. The molecule has 0 aliphatic carbocycles. The van der Waals surface area contributed by atoms with Crippen molar-refractivity contribution in [3.63, 3.8) is 0 Å². The molecule has 0 amide bonds. The average Bonchev–Trinajstić information content (AvgIpc) is 2.30. The van der Waals surface area contributed by atoms with Crippen LogP contribution in [0.25, 0.3) is 0 Å². The molecular weight excluding hydrogens is 212 g/mol. The van der Waals surface area contributed by atoms with Crippen LogP contribution in [-0.4, -0.2) is 15.8 Å². The number of hydrogen-bond donors (Lipinski definition) is 0. The highest BCUT2D eigenvalue weighted by atomic mass is 16.1. The summed E-state index contributed by atoms with van der Waals surface area (Å²) in [4.78, 5) is 20.2. The van der Waals surface area contributed by atoms with Crippen LogP contribution < -0.4 is 0 Å². The number of carbonyl (C=O) groups is 1. The van der Waals surface area contributed by atoms with Gasteiger partial charge in [-0.05, 0) is 25.5 Å². The summed E-state index contributed by atoms with van der Waals surface area (Å²) < 4.78 is 0. The van der Waals surface area contributed by atoms with Gasteiger partial charge in [0.2, 0.25) is 0 Å². The van der Waals surface area contributed by atoms with E-state index in [1.54, 1.807) is 18.5 Å². The first kappa shape index (κ1) is 11.5. The van der Waals surface area contributed by atoms with Crippen LogP contribution in [0.2, 0.25) is 0 Å². The molecule has 0 N–H and O–H groups in total. The number of aryl methyl sites for hydroxylation is 2. The summed E-state index contributed by atoms with van der Waals surface area (Å²) in [7, 11) is 0. The molecule has 86 valence electrons. The topological polar surface area (TPSA) is 42.9 Å². The second kappa shape index (κ2) is 4.87. The minimum atomic E-state index is 0.0636. The lowest BCUT2D eigenvalue weighted by atomic mass is 10.0. The van der Waals surface area contributed by atoms with Crippen molar-refractivity contribution in [3.05, 3.63) is 59.2 Å². The van der Waals surface area contributed by atoms with Gasteiger partial charge in [0, 0.05) is 18.0 Å². The first-order chi connectivity index (χ1) is 8.16. The maximum absolute atomic E-state index is 12.1. The second-order valence-electron chi connectivity index (χ2n) is 4.08. The standard InChI is InChI=1S/C14H14N2O/c1-10-4-5-12(11(2)8-10)13(17)9-14-15-6-3-7-16-14/h3-8H,9H2,1-2H3. The lowest BCUT2D eigenvalue weighted by molar-refractivity contribution is 0.0990. The van der Waals surface area contributed by atoms with Crippen molar-refractivity contribution >= 4 is 5.78 Å². The molecule has 17 heavy (non-hydrogen) atoms. The number of hydrogen-bond acceptors (Lipinski definition) is 3. The molecule has 2 rings (SSSR count). The molecule has 0 atom stereocenters. The zero-order valence-corrected chi connectivity index (χ0v) is 9.97. The highest BCUT2D eigenvalue weighted by Crippen LogP contribution is 2.12. The number of nitrogens with zero attached hydrogens (tertiary/aromatic N) is 2. The Labute approximate surface area is 101 Å². The van der Waals surface area contributed by atoms with Crippen molar-refractivity contribution in [1.82, 2.24) is 9.97 Å². The lowest BCUT2D eigenvalue weighted by Crippen LogP contribution is -2.08. The molecule has 0 radical (unpaired) electrons. The molecule has 0 unspecified atom stereocenters. The first-order valence-electron chi connectivity index (χ1n) is 5.53. The zero-order chi connectivity index (χ0) is 12.3. The Hall–Kier alpha value is -2.03. The SMILES string of the molecule is Cc1ccc(C(=O)Cc2ncccn2)c(C)c1. The number of rotatable bonds is 3.